The zero-order valence-corrected chi connectivity index (χ0v) is 11.7. The van der Waals surface area contributed by atoms with Crippen LogP contribution in [0.25, 0.3) is 0 Å². The molecular formula is C14H20N2O4. The highest BCUT2D eigenvalue weighted by molar-refractivity contribution is 5.79. The summed E-state index contributed by atoms with van der Waals surface area (Å²) in [6.07, 6.45) is -0.291. The fourth-order valence-corrected chi connectivity index (χ4v) is 1.75. The molecule has 0 atom stereocenters. The molecule has 20 heavy (non-hydrogen) atoms. The van der Waals surface area contributed by atoms with Gasteiger partial charge in [-0.25, -0.2) is 0 Å². The average molecular weight is 280 g/mol. The van der Waals surface area contributed by atoms with Gasteiger partial charge in [0.2, 0.25) is 0 Å². The van der Waals surface area contributed by atoms with E-state index in [4.69, 9.17) is 15.6 Å². The highest BCUT2D eigenvalue weighted by Crippen LogP contribution is 2.22. The highest BCUT2D eigenvalue weighted by atomic mass is 16.5. The van der Waals surface area contributed by atoms with Crippen LogP contribution in [0.15, 0.2) is 24.3 Å². The number of nitrogen functional groups attached to an aromatic ring is 1. The minimum absolute atomic E-state index is 0.0281. The Morgan fingerprint density at radius 2 is 2.00 bits per heavy atom. The highest BCUT2D eigenvalue weighted by Gasteiger charge is 2.16. The number of carbonyl (C=O) groups is 2. The van der Waals surface area contributed by atoms with Crippen molar-refractivity contribution in [3.8, 4) is 0 Å². The smallest absolute Gasteiger partial charge is 0.325 e. The van der Waals surface area contributed by atoms with Crippen molar-refractivity contribution in [1.82, 2.24) is 0 Å². The quantitative estimate of drug-likeness (QED) is 0.581. The number of benzene rings is 1. The number of rotatable bonds is 7. The Balaban J connectivity index is 2.82. The van der Waals surface area contributed by atoms with Crippen molar-refractivity contribution in [3.05, 3.63) is 24.3 Å². The fraction of sp³-hybridized carbons (Fsp3) is 0.429. The third-order valence-corrected chi connectivity index (χ3v) is 2.56. The number of hydrogen-bond acceptors (Lipinski definition) is 5. The van der Waals surface area contributed by atoms with Gasteiger partial charge in [0.1, 0.15) is 6.54 Å². The Bertz CT molecular complexity index is 474. The number of aliphatic carboxylic acids is 1. The molecule has 6 nitrogen and oxygen atoms in total. The van der Waals surface area contributed by atoms with Crippen LogP contribution in [0.5, 0.6) is 0 Å². The predicted molar refractivity (Wildman–Crippen MR) is 76.5 cm³/mol. The van der Waals surface area contributed by atoms with Crippen LogP contribution in [-0.4, -0.2) is 36.2 Å². The van der Waals surface area contributed by atoms with Crippen molar-refractivity contribution in [1.29, 1.82) is 0 Å². The summed E-state index contributed by atoms with van der Waals surface area (Å²) >= 11 is 0. The number of para-hydroxylation sites is 2. The van der Waals surface area contributed by atoms with E-state index in [1.807, 2.05) is 0 Å². The van der Waals surface area contributed by atoms with E-state index in [0.29, 0.717) is 11.4 Å². The summed E-state index contributed by atoms with van der Waals surface area (Å²) in [5, 5.41) is 8.78. The van der Waals surface area contributed by atoms with Crippen molar-refractivity contribution < 1.29 is 19.4 Å². The lowest BCUT2D eigenvalue weighted by Gasteiger charge is -2.25. The van der Waals surface area contributed by atoms with Gasteiger partial charge in [-0.3, -0.25) is 9.59 Å². The number of carboxylic acid groups (broad SMARTS) is 1. The van der Waals surface area contributed by atoms with Gasteiger partial charge in [-0.15, -0.1) is 0 Å². The first-order chi connectivity index (χ1) is 9.40. The maximum Gasteiger partial charge on any atom is 0.325 e. The largest absolute Gasteiger partial charge is 0.481 e. The van der Waals surface area contributed by atoms with E-state index in [0.717, 1.165) is 0 Å². The number of esters is 1. The van der Waals surface area contributed by atoms with Crippen LogP contribution < -0.4 is 10.6 Å². The maximum absolute atomic E-state index is 11.7. The van der Waals surface area contributed by atoms with Crippen LogP contribution >= 0.6 is 0 Å². The second kappa shape index (κ2) is 7.37. The SMILES string of the molecule is CC(C)OC(=O)CN(CCC(=O)O)c1ccccc1N. The van der Waals surface area contributed by atoms with E-state index in [9.17, 15) is 9.59 Å². The molecule has 0 unspecified atom stereocenters. The second-order valence-electron chi connectivity index (χ2n) is 4.66. The van der Waals surface area contributed by atoms with E-state index < -0.39 is 11.9 Å². The molecule has 0 saturated heterocycles. The Labute approximate surface area is 118 Å². The summed E-state index contributed by atoms with van der Waals surface area (Å²) in [7, 11) is 0. The molecule has 0 bridgehead atoms. The molecule has 110 valence electrons. The fourth-order valence-electron chi connectivity index (χ4n) is 1.75. The zero-order chi connectivity index (χ0) is 15.1. The van der Waals surface area contributed by atoms with Crippen LogP contribution in [0.4, 0.5) is 11.4 Å². The average Bonchev–Trinajstić information content (AvgIpc) is 2.34. The maximum atomic E-state index is 11.7. The van der Waals surface area contributed by atoms with Gasteiger partial charge in [0.05, 0.1) is 23.9 Å². The zero-order valence-electron chi connectivity index (χ0n) is 11.7. The minimum atomic E-state index is -0.929. The molecule has 1 aromatic rings. The van der Waals surface area contributed by atoms with Crippen LogP contribution in [0, 0.1) is 0 Å². The molecule has 0 aliphatic heterocycles. The van der Waals surface area contributed by atoms with Crippen LogP contribution in [0.1, 0.15) is 20.3 Å². The van der Waals surface area contributed by atoms with Crippen molar-refractivity contribution in [3.63, 3.8) is 0 Å². The van der Waals surface area contributed by atoms with Gasteiger partial charge in [-0.05, 0) is 26.0 Å². The van der Waals surface area contributed by atoms with Crippen molar-refractivity contribution in [2.24, 2.45) is 0 Å². The Hall–Kier alpha value is -2.24. The number of carboxylic acids is 1. The third kappa shape index (κ3) is 5.17. The normalized spacial score (nSPS) is 10.3. The summed E-state index contributed by atoms with van der Waals surface area (Å²) in [6.45, 7) is 3.68. The molecule has 0 aliphatic carbocycles. The number of anilines is 2. The van der Waals surface area contributed by atoms with Crippen molar-refractivity contribution >= 4 is 23.3 Å². The molecule has 0 saturated carbocycles. The first kappa shape index (κ1) is 15.8. The molecule has 0 heterocycles. The number of carbonyl (C=O) groups excluding carboxylic acids is 1. The van der Waals surface area contributed by atoms with Crippen LogP contribution in [0.3, 0.4) is 0 Å². The molecule has 3 N–H and O–H groups in total. The van der Waals surface area contributed by atoms with Gasteiger partial charge in [0, 0.05) is 6.54 Å². The van der Waals surface area contributed by atoms with E-state index >= 15 is 0 Å². The molecule has 0 spiro atoms. The van der Waals surface area contributed by atoms with Gasteiger partial charge in [0.15, 0.2) is 0 Å². The minimum Gasteiger partial charge on any atom is -0.481 e. The van der Waals surface area contributed by atoms with Crippen LogP contribution in [0.2, 0.25) is 0 Å². The van der Waals surface area contributed by atoms with E-state index in [1.54, 1.807) is 43.0 Å². The monoisotopic (exact) mass is 280 g/mol. The van der Waals surface area contributed by atoms with Gasteiger partial charge >= 0.3 is 11.9 Å². The van der Waals surface area contributed by atoms with Gasteiger partial charge in [-0.1, -0.05) is 12.1 Å². The molecule has 1 aromatic carbocycles. The second-order valence-corrected chi connectivity index (χ2v) is 4.66. The number of nitrogens with two attached hydrogens (primary N) is 1. The summed E-state index contributed by atoms with van der Waals surface area (Å²) in [5.74, 6) is -1.34. The molecule has 6 heteroatoms. The lowest BCUT2D eigenvalue weighted by atomic mass is 10.2. The Kier molecular flexibility index (Phi) is 5.83. The van der Waals surface area contributed by atoms with E-state index in [2.05, 4.69) is 0 Å². The third-order valence-electron chi connectivity index (χ3n) is 2.56. The summed E-state index contributed by atoms with van der Waals surface area (Å²) in [5.41, 5.74) is 6.99. The molecule has 0 aromatic heterocycles. The summed E-state index contributed by atoms with van der Waals surface area (Å²) in [4.78, 5) is 24.1. The van der Waals surface area contributed by atoms with Crippen molar-refractivity contribution in [2.45, 2.75) is 26.4 Å². The first-order valence-electron chi connectivity index (χ1n) is 6.41. The Morgan fingerprint density at radius 3 is 2.55 bits per heavy atom. The summed E-state index contributed by atoms with van der Waals surface area (Å²) < 4.78 is 5.08. The lowest BCUT2D eigenvalue weighted by molar-refractivity contribution is -0.146. The summed E-state index contributed by atoms with van der Waals surface area (Å²) in [6, 6.07) is 7.02. The standard InChI is InChI=1S/C14H20N2O4/c1-10(2)20-14(19)9-16(8-7-13(17)18)12-6-4-3-5-11(12)15/h3-6,10H,7-9,15H2,1-2H3,(H,17,18). The number of nitrogens with zero attached hydrogens (tertiary/aromatic N) is 1. The van der Waals surface area contributed by atoms with Crippen molar-refractivity contribution in [2.75, 3.05) is 23.7 Å². The van der Waals surface area contributed by atoms with Crippen LogP contribution in [-0.2, 0) is 14.3 Å². The molecule has 0 fully saturated rings. The Morgan fingerprint density at radius 1 is 1.35 bits per heavy atom. The molecule has 0 amide bonds. The predicted octanol–water partition coefficient (Wildman–Crippen LogP) is 1.50. The van der Waals surface area contributed by atoms with Gasteiger partial charge in [-0.2, -0.15) is 0 Å². The van der Waals surface area contributed by atoms with Gasteiger partial charge in [0.25, 0.3) is 0 Å². The van der Waals surface area contributed by atoms with Gasteiger partial charge < -0.3 is 20.5 Å². The molecule has 0 radical (unpaired) electrons. The molecular weight excluding hydrogens is 260 g/mol. The molecule has 1 rings (SSSR count). The van der Waals surface area contributed by atoms with E-state index in [1.165, 1.54) is 0 Å². The topological polar surface area (TPSA) is 92.9 Å². The first-order valence-corrected chi connectivity index (χ1v) is 6.41. The van der Waals surface area contributed by atoms with E-state index in [-0.39, 0.29) is 25.6 Å². The number of ether oxygens (including phenoxy) is 1. The molecule has 0 aliphatic rings. The number of hydrogen-bond donors (Lipinski definition) is 2. The lowest BCUT2D eigenvalue weighted by Crippen LogP contribution is -2.34.